The van der Waals surface area contributed by atoms with E-state index in [0.717, 1.165) is 38.5 Å². The molecule has 0 aliphatic heterocycles. The molecule has 0 bridgehead atoms. The fraction of sp³-hybridized carbons (Fsp3) is 1.00. The van der Waals surface area contributed by atoms with Gasteiger partial charge >= 0.3 is 0 Å². The Morgan fingerprint density at radius 1 is 0.923 bits per heavy atom. The van der Waals surface area contributed by atoms with Crippen LogP contribution in [0.15, 0.2) is 0 Å². The van der Waals surface area contributed by atoms with Crippen LogP contribution in [0.5, 0.6) is 0 Å². The Morgan fingerprint density at radius 2 is 1.46 bits per heavy atom. The van der Waals surface area contributed by atoms with E-state index < -0.39 is 0 Å². The average Bonchev–Trinajstić information content (AvgIpc) is 2.15. The highest BCUT2D eigenvalue weighted by Gasteiger charge is 2.28. The van der Waals surface area contributed by atoms with Crippen molar-refractivity contribution in [3.8, 4) is 0 Å². The van der Waals surface area contributed by atoms with E-state index in [0.29, 0.717) is 0 Å². The molecule has 0 aromatic rings. The van der Waals surface area contributed by atoms with Gasteiger partial charge < -0.3 is 0 Å². The van der Waals surface area contributed by atoms with Crippen LogP contribution in [0.4, 0.5) is 0 Å². The second kappa shape index (κ2) is 7.34. The zero-order valence-corrected chi connectivity index (χ0v) is 9.31. The molecule has 0 aromatic heterocycles. The molecule has 0 atom stereocenters. The molecule has 0 heterocycles. The van der Waals surface area contributed by atoms with E-state index in [1.165, 1.54) is 6.42 Å². The monoisotopic (exact) mass is 188 g/mol. The normalized spacial score (nSPS) is 12.0. The van der Waals surface area contributed by atoms with E-state index in [1.807, 2.05) is 0 Å². The van der Waals surface area contributed by atoms with Crippen LogP contribution in [0.25, 0.3) is 0 Å². The first-order valence-corrected chi connectivity index (χ1v) is 5.57. The van der Waals surface area contributed by atoms with Crippen molar-refractivity contribution in [2.75, 3.05) is 0 Å². The summed E-state index contributed by atoms with van der Waals surface area (Å²) in [5, 5.41) is 8.97. The van der Waals surface area contributed by atoms with E-state index in [9.17, 15) is 0 Å². The van der Waals surface area contributed by atoms with Gasteiger partial charge in [0.15, 0.2) is 0 Å². The summed E-state index contributed by atoms with van der Waals surface area (Å²) in [4.78, 5) is 4.72. The highest BCUT2D eigenvalue weighted by atomic mass is 17.1. The van der Waals surface area contributed by atoms with Crippen molar-refractivity contribution in [2.45, 2.75) is 71.3 Å². The van der Waals surface area contributed by atoms with Gasteiger partial charge in [-0.3, -0.25) is 5.26 Å². The lowest BCUT2D eigenvalue weighted by atomic mass is 9.87. The lowest BCUT2D eigenvalue weighted by Crippen LogP contribution is -2.31. The Bertz CT molecular complexity index is 107. The number of unbranched alkanes of at least 4 members (excludes halogenated alkanes) is 1. The summed E-state index contributed by atoms with van der Waals surface area (Å²) >= 11 is 0. The van der Waals surface area contributed by atoms with Gasteiger partial charge in [-0.2, -0.15) is 0 Å². The van der Waals surface area contributed by atoms with Gasteiger partial charge in [-0.25, -0.2) is 4.89 Å². The van der Waals surface area contributed by atoms with Gasteiger partial charge in [0.05, 0.1) is 0 Å². The van der Waals surface area contributed by atoms with Crippen LogP contribution in [-0.2, 0) is 4.89 Å². The van der Waals surface area contributed by atoms with E-state index >= 15 is 0 Å². The lowest BCUT2D eigenvalue weighted by Gasteiger charge is -2.29. The Labute approximate surface area is 82.2 Å². The van der Waals surface area contributed by atoms with E-state index in [1.54, 1.807) is 0 Å². The molecule has 13 heavy (non-hydrogen) atoms. The van der Waals surface area contributed by atoms with Gasteiger partial charge in [0.2, 0.25) is 0 Å². The predicted octanol–water partition coefficient (Wildman–Crippen LogP) is 4.01. The summed E-state index contributed by atoms with van der Waals surface area (Å²) in [5.41, 5.74) is -0.250. The number of rotatable bonds is 8. The fourth-order valence-electron chi connectivity index (χ4n) is 1.92. The minimum absolute atomic E-state index is 0.250. The number of hydrogen-bond acceptors (Lipinski definition) is 2. The molecule has 0 amide bonds. The average molecular weight is 188 g/mol. The van der Waals surface area contributed by atoms with Crippen molar-refractivity contribution in [1.29, 1.82) is 0 Å². The first kappa shape index (κ1) is 12.9. The Balaban J connectivity index is 4.07. The van der Waals surface area contributed by atoms with Crippen molar-refractivity contribution in [2.24, 2.45) is 0 Å². The zero-order valence-electron chi connectivity index (χ0n) is 9.31. The standard InChI is InChI=1S/C11H24O2/c1-4-7-10-11(13-12,8-5-2)9-6-3/h12H,4-10H2,1-3H3. The SMILES string of the molecule is CCCCC(CCC)(CCC)OO. The van der Waals surface area contributed by atoms with E-state index in [2.05, 4.69) is 20.8 Å². The van der Waals surface area contributed by atoms with Gasteiger partial charge in [-0.15, -0.1) is 0 Å². The van der Waals surface area contributed by atoms with Crippen LogP contribution in [0, 0.1) is 0 Å². The maximum absolute atomic E-state index is 8.97. The van der Waals surface area contributed by atoms with Crippen molar-refractivity contribution in [1.82, 2.24) is 0 Å². The van der Waals surface area contributed by atoms with Crippen LogP contribution in [0.2, 0.25) is 0 Å². The molecule has 0 radical (unpaired) electrons. The van der Waals surface area contributed by atoms with Crippen LogP contribution >= 0.6 is 0 Å². The summed E-state index contributed by atoms with van der Waals surface area (Å²) in [5.74, 6) is 0. The number of hydrogen-bond donors (Lipinski definition) is 1. The third-order valence-corrected chi connectivity index (χ3v) is 2.59. The molecule has 0 saturated heterocycles. The van der Waals surface area contributed by atoms with E-state index in [-0.39, 0.29) is 5.60 Å². The molecular formula is C11H24O2. The summed E-state index contributed by atoms with van der Waals surface area (Å²) in [7, 11) is 0. The van der Waals surface area contributed by atoms with Crippen LogP contribution < -0.4 is 0 Å². The molecule has 0 fully saturated rings. The van der Waals surface area contributed by atoms with Crippen LogP contribution in [-0.4, -0.2) is 10.9 Å². The molecule has 0 aromatic carbocycles. The first-order chi connectivity index (χ1) is 6.24. The third kappa shape index (κ3) is 4.63. The Morgan fingerprint density at radius 3 is 1.77 bits per heavy atom. The van der Waals surface area contributed by atoms with Crippen LogP contribution in [0.1, 0.15) is 65.7 Å². The quantitative estimate of drug-likeness (QED) is 0.460. The van der Waals surface area contributed by atoms with Crippen molar-refractivity contribution >= 4 is 0 Å². The summed E-state index contributed by atoms with van der Waals surface area (Å²) in [6, 6.07) is 0. The molecular weight excluding hydrogens is 164 g/mol. The molecule has 0 spiro atoms. The predicted molar refractivity (Wildman–Crippen MR) is 55.8 cm³/mol. The smallest absolute Gasteiger partial charge is 0.103 e. The van der Waals surface area contributed by atoms with Gasteiger partial charge in [0, 0.05) is 0 Å². The second-order valence-electron chi connectivity index (χ2n) is 3.88. The second-order valence-corrected chi connectivity index (χ2v) is 3.88. The van der Waals surface area contributed by atoms with Crippen LogP contribution in [0.3, 0.4) is 0 Å². The molecule has 1 N–H and O–H groups in total. The van der Waals surface area contributed by atoms with Gasteiger partial charge in [0.1, 0.15) is 5.60 Å². The molecule has 2 heteroatoms. The van der Waals surface area contributed by atoms with E-state index in [4.69, 9.17) is 10.1 Å². The molecule has 0 saturated carbocycles. The zero-order chi connectivity index (χ0) is 10.2. The highest BCUT2D eigenvalue weighted by Crippen LogP contribution is 2.29. The summed E-state index contributed by atoms with van der Waals surface area (Å²) in [6.07, 6.45) is 7.38. The Hall–Kier alpha value is -0.0800. The topological polar surface area (TPSA) is 29.5 Å². The summed E-state index contributed by atoms with van der Waals surface area (Å²) < 4.78 is 0. The summed E-state index contributed by atoms with van der Waals surface area (Å²) in [6.45, 7) is 6.44. The minimum Gasteiger partial charge on any atom is -0.251 e. The molecule has 2 nitrogen and oxygen atoms in total. The van der Waals surface area contributed by atoms with Gasteiger partial charge in [-0.1, -0.05) is 46.5 Å². The van der Waals surface area contributed by atoms with Crippen molar-refractivity contribution in [3.63, 3.8) is 0 Å². The van der Waals surface area contributed by atoms with Gasteiger partial charge in [-0.05, 0) is 19.3 Å². The maximum atomic E-state index is 8.97. The maximum Gasteiger partial charge on any atom is 0.103 e. The molecule has 80 valence electrons. The molecule has 0 unspecified atom stereocenters. The molecule has 0 aliphatic rings. The van der Waals surface area contributed by atoms with Crippen molar-refractivity contribution < 1.29 is 10.1 Å². The third-order valence-electron chi connectivity index (χ3n) is 2.59. The molecule has 0 rings (SSSR count). The fourth-order valence-corrected chi connectivity index (χ4v) is 1.92. The Kier molecular flexibility index (Phi) is 7.29. The minimum atomic E-state index is -0.250. The first-order valence-electron chi connectivity index (χ1n) is 5.57. The van der Waals surface area contributed by atoms with Gasteiger partial charge in [0.25, 0.3) is 0 Å². The molecule has 0 aliphatic carbocycles. The van der Waals surface area contributed by atoms with Crippen molar-refractivity contribution in [3.05, 3.63) is 0 Å². The highest BCUT2D eigenvalue weighted by molar-refractivity contribution is 4.78. The largest absolute Gasteiger partial charge is 0.251 e. The lowest BCUT2D eigenvalue weighted by molar-refractivity contribution is -0.329.